The zero-order valence-electron chi connectivity index (χ0n) is 15.0. The molecule has 2 atom stereocenters. The number of methoxy groups -OCH3 is 1. The van der Waals surface area contributed by atoms with E-state index in [2.05, 4.69) is 11.4 Å². The maximum Gasteiger partial charge on any atom is 0.319 e. The fourth-order valence-electron chi connectivity index (χ4n) is 3.11. The minimum absolute atomic E-state index is 0.332. The van der Waals surface area contributed by atoms with E-state index in [1.807, 2.05) is 36.4 Å². The van der Waals surface area contributed by atoms with Gasteiger partial charge >= 0.3 is 5.97 Å². The Morgan fingerprint density at radius 1 is 1.21 bits per heavy atom. The number of carbonyl (C=O) groups is 2. The summed E-state index contributed by atoms with van der Waals surface area (Å²) in [6, 6.07) is 18.6. The van der Waals surface area contributed by atoms with Gasteiger partial charge in [-0.15, -0.1) is 11.8 Å². The highest BCUT2D eigenvalue weighted by molar-refractivity contribution is 8.02. The molecule has 5 nitrogen and oxygen atoms in total. The maximum atomic E-state index is 12.7. The summed E-state index contributed by atoms with van der Waals surface area (Å²) in [5.41, 5.74) is 1.93. The van der Waals surface area contributed by atoms with Crippen LogP contribution in [0.2, 0.25) is 5.02 Å². The van der Waals surface area contributed by atoms with E-state index >= 15 is 0 Å². The number of amides is 1. The van der Waals surface area contributed by atoms with Crippen molar-refractivity contribution in [1.82, 2.24) is 5.32 Å². The Balaban J connectivity index is 2.01. The van der Waals surface area contributed by atoms with Crippen LogP contribution in [0.1, 0.15) is 17.0 Å². The van der Waals surface area contributed by atoms with Gasteiger partial charge in [-0.1, -0.05) is 60.1 Å². The Hall–Kier alpha value is -2.75. The van der Waals surface area contributed by atoms with Gasteiger partial charge in [-0.2, -0.15) is 5.26 Å². The van der Waals surface area contributed by atoms with E-state index in [0.29, 0.717) is 26.9 Å². The van der Waals surface area contributed by atoms with Crippen LogP contribution in [0.15, 0.2) is 65.2 Å². The molecule has 0 saturated carbocycles. The van der Waals surface area contributed by atoms with Crippen LogP contribution in [0.3, 0.4) is 0 Å². The number of hydrogen-bond acceptors (Lipinski definition) is 5. The van der Waals surface area contributed by atoms with Gasteiger partial charge in [-0.25, -0.2) is 0 Å². The smallest absolute Gasteiger partial charge is 0.319 e. The Kier molecular flexibility index (Phi) is 6.40. The summed E-state index contributed by atoms with van der Waals surface area (Å²) >= 11 is 7.52. The second kappa shape index (κ2) is 8.96. The van der Waals surface area contributed by atoms with E-state index in [1.165, 1.54) is 18.9 Å². The van der Waals surface area contributed by atoms with Gasteiger partial charge in [0.15, 0.2) is 0 Å². The first-order chi connectivity index (χ1) is 13.6. The number of nitriles is 1. The van der Waals surface area contributed by atoms with Crippen molar-refractivity contribution in [1.29, 1.82) is 5.26 Å². The van der Waals surface area contributed by atoms with Crippen molar-refractivity contribution in [3.05, 3.63) is 81.3 Å². The number of esters is 1. The van der Waals surface area contributed by atoms with Crippen molar-refractivity contribution in [2.24, 2.45) is 5.92 Å². The van der Waals surface area contributed by atoms with Crippen molar-refractivity contribution in [2.45, 2.75) is 11.7 Å². The predicted octanol–water partition coefficient (Wildman–Crippen LogP) is 4.01. The topological polar surface area (TPSA) is 79.2 Å². The third-order valence-corrected chi connectivity index (χ3v) is 5.91. The Morgan fingerprint density at radius 2 is 1.89 bits per heavy atom. The zero-order chi connectivity index (χ0) is 20.1. The van der Waals surface area contributed by atoms with E-state index in [-0.39, 0.29) is 0 Å². The molecule has 7 heteroatoms. The van der Waals surface area contributed by atoms with Crippen molar-refractivity contribution in [2.75, 3.05) is 7.11 Å². The van der Waals surface area contributed by atoms with Gasteiger partial charge < -0.3 is 10.1 Å². The van der Waals surface area contributed by atoms with Gasteiger partial charge in [0.2, 0.25) is 5.91 Å². The highest BCUT2D eigenvalue weighted by atomic mass is 35.5. The third kappa shape index (κ3) is 4.06. The highest BCUT2D eigenvalue weighted by Crippen LogP contribution is 2.41. The number of ether oxygens (including phenoxy) is 1. The summed E-state index contributed by atoms with van der Waals surface area (Å²) in [5.74, 6) is -2.51. The molecule has 0 bridgehead atoms. The molecule has 1 N–H and O–H groups in total. The summed E-state index contributed by atoms with van der Waals surface area (Å²) in [7, 11) is 1.23. The lowest BCUT2D eigenvalue weighted by Gasteiger charge is -2.31. The maximum absolute atomic E-state index is 12.7. The number of carbonyl (C=O) groups excluding carboxylic acids is 2. The average Bonchev–Trinajstić information content (AvgIpc) is 2.72. The molecular formula is C21H17ClN2O3S. The molecule has 1 amide bonds. The summed E-state index contributed by atoms with van der Waals surface area (Å²) in [5, 5.41) is 13.6. The molecule has 0 saturated heterocycles. The van der Waals surface area contributed by atoms with Gasteiger partial charge in [-0.05, 0) is 17.2 Å². The first kappa shape index (κ1) is 20.0. The van der Waals surface area contributed by atoms with Crippen LogP contribution in [0.5, 0.6) is 0 Å². The molecule has 0 radical (unpaired) electrons. The van der Waals surface area contributed by atoms with Gasteiger partial charge in [-0.3, -0.25) is 9.59 Å². The van der Waals surface area contributed by atoms with Crippen LogP contribution in [0.4, 0.5) is 0 Å². The number of allylic oxidation sites excluding steroid dienone is 1. The second-order valence-corrected chi connectivity index (χ2v) is 7.51. The first-order valence-electron chi connectivity index (χ1n) is 8.51. The van der Waals surface area contributed by atoms with Crippen LogP contribution in [0.25, 0.3) is 0 Å². The number of nitrogens with one attached hydrogen (secondary N) is 1. The van der Waals surface area contributed by atoms with Crippen molar-refractivity contribution >= 4 is 35.2 Å². The zero-order valence-corrected chi connectivity index (χ0v) is 16.6. The minimum atomic E-state index is -1.12. The molecule has 0 unspecified atom stereocenters. The van der Waals surface area contributed by atoms with Gasteiger partial charge in [0.25, 0.3) is 0 Å². The van der Waals surface area contributed by atoms with Crippen LogP contribution in [-0.2, 0) is 20.1 Å². The van der Waals surface area contributed by atoms with Crippen LogP contribution in [-0.4, -0.2) is 19.0 Å². The molecule has 28 heavy (non-hydrogen) atoms. The molecule has 1 aliphatic rings. The fraction of sp³-hybridized carbons (Fsp3) is 0.190. The lowest BCUT2D eigenvalue weighted by atomic mass is 9.78. The highest BCUT2D eigenvalue weighted by Gasteiger charge is 2.44. The number of nitrogens with zero attached hydrogens (tertiary/aromatic N) is 1. The minimum Gasteiger partial charge on any atom is -0.468 e. The van der Waals surface area contributed by atoms with Gasteiger partial charge in [0.1, 0.15) is 5.92 Å². The molecule has 2 aromatic carbocycles. The molecular weight excluding hydrogens is 396 g/mol. The van der Waals surface area contributed by atoms with Crippen molar-refractivity contribution in [3.63, 3.8) is 0 Å². The molecule has 3 rings (SSSR count). The molecule has 1 aliphatic heterocycles. The number of benzene rings is 2. The third-order valence-electron chi connectivity index (χ3n) is 4.47. The summed E-state index contributed by atoms with van der Waals surface area (Å²) in [4.78, 5) is 25.0. The fourth-order valence-corrected chi connectivity index (χ4v) is 4.44. The number of halogens is 1. The molecule has 142 valence electrons. The summed E-state index contributed by atoms with van der Waals surface area (Å²) in [6.45, 7) is 0. The van der Waals surface area contributed by atoms with Gasteiger partial charge in [0.05, 0.1) is 23.8 Å². The lowest BCUT2D eigenvalue weighted by molar-refractivity contribution is -0.150. The molecule has 1 heterocycles. The van der Waals surface area contributed by atoms with E-state index in [9.17, 15) is 14.9 Å². The number of thioether (sulfide) groups is 1. The van der Waals surface area contributed by atoms with E-state index < -0.39 is 23.7 Å². The van der Waals surface area contributed by atoms with E-state index in [4.69, 9.17) is 16.3 Å². The normalized spacial score (nSPS) is 19.0. The second-order valence-electron chi connectivity index (χ2n) is 6.11. The molecule has 0 aromatic heterocycles. The quantitative estimate of drug-likeness (QED) is 0.592. The lowest BCUT2D eigenvalue weighted by Crippen LogP contribution is -2.44. The Morgan fingerprint density at radius 3 is 2.54 bits per heavy atom. The molecule has 0 aliphatic carbocycles. The monoisotopic (exact) mass is 412 g/mol. The first-order valence-corrected chi connectivity index (χ1v) is 9.87. The average molecular weight is 413 g/mol. The predicted molar refractivity (Wildman–Crippen MR) is 108 cm³/mol. The number of hydrogen-bond donors (Lipinski definition) is 1. The van der Waals surface area contributed by atoms with Crippen LogP contribution >= 0.6 is 23.4 Å². The number of rotatable bonds is 5. The standard InChI is InChI=1S/C21H17ClN2O3S/c1-27-21(26)18-17(13-7-3-2-4-8-13)15(11-23)20(24-19(18)25)28-12-14-9-5-6-10-16(14)22/h2-10,17-18H,12H2,1H3,(H,24,25)/t17-,18+/m0/s1. The van der Waals surface area contributed by atoms with Crippen molar-refractivity contribution in [3.8, 4) is 6.07 Å². The van der Waals surface area contributed by atoms with E-state index in [1.54, 1.807) is 18.2 Å². The summed E-state index contributed by atoms with van der Waals surface area (Å²) in [6.07, 6.45) is 0. The van der Waals surface area contributed by atoms with Crippen LogP contribution < -0.4 is 5.32 Å². The SMILES string of the molecule is COC(=O)[C@H]1C(=O)NC(SCc2ccccc2Cl)=C(C#N)[C@@H]1c1ccccc1. The van der Waals surface area contributed by atoms with E-state index in [0.717, 1.165) is 5.56 Å². The Labute approximate surface area is 172 Å². The van der Waals surface area contributed by atoms with Crippen LogP contribution in [0, 0.1) is 17.2 Å². The summed E-state index contributed by atoms with van der Waals surface area (Å²) < 4.78 is 4.83. The molecule has 2 aromatic rings. The Bertz CT molecular complexity index is 969. The van der Waals surface area contributed by atoms with Crippen molar-refractivity contribution < 1.29 is 14.3 Å². The van der Waals surface area contributed by atoms with Gasteiger partial charge in [0, 0.05) is 16.7 Å². The molecule has 0 fully saturated rings. The largest absolute Gasteiger partial charge is 0.468 e. The molecule has 0 spiro atoms.